The zero-order valence-corrected chi connectivity index (χ0v) is 42.7. The van der Waals surface area contributed by atoms with Gasteiger partial charge in [0.2, 0.25) is 0 Å². The molecular formula is C53H100NO8P. The van der Waals surface area contributed by atoms with E-state index in [1.54, 1.807) is 0 Å². The van der Waals surface area contributed by atoms with E-state index in [4.69, 9.17) is 18.5 Å². The van der Waals surface area contributed by atoms with Crippen molar-refractivity contribution in [3.8, 4) is 0 Å². The van der Waals surface area contributed by atoms with Crippen molar-refractivity contribution in [2.45, 2.75) is 245 Å². The molecule has 0 aliphatic rings. The smallest absolute Gasteiger partial charge is 0.306 e. The van der Waals surface area contributed by atoms with Gasteiger partial charge in [-0.2, -0.15) is 0 Å². The third-order valence-corrected chi connectivity index (χ3v) is 12.4. The van der Waals surface area contributed by atoms with Crippen LogP contribution in [-0.4, -0.2) is 70.0 Å². The molecule has 0 aromatic heterocycles. The number of ether oxygens (including phenoxy) is 2. The summed E-state index contributed by atoms with van der Waals surface area (Å²) in [5.74, 6) is -0.885. The van der Waals surface area contributed by atoms with E-state index < -0.39 is 32.5 Å². The molecule has 1 unspecified atom stereocenters. The number of carbonyl (C=O) groups excluding carboxylic acids is 2. The van der Waals surface area contributed by atoms with Gasteiger partial charge < -0.3 is 27.9 Å². The Balaban J connectivity index is 4.26. The second kappa shape index (κ2) is 45.4. The lowest BCUT2D eigenvalue weighted by Gasteiger charge is -2.28. The molecule has 0 fully saturated rings. The average molecular weight is 910 g/mol. The van der Waals surface area contributed by atoms with Crippen LogP contribution in [0.3, 0.4) is 0 Å². The summed E-state index contributed by atoms with van der Waals surface area (Å²) in [7, 11) is 1.14. The number of unbranched alkanes of at least 4 members (excludes halogenated alkanes) is 28. The van der Waals surface area contributed by atoms with Crippen LogP contribution in [0.15, 0.2) is 36.5 Å². The normalized spacial score (nSPS) is 13.7. The first-order chi connectivity index (χ1) is 30.5. The molecule has 370 valence electrons. The highest BCUT2D eigenvalue weighted by Gasteiger charge is 2.21. The minimum absolute atomic E-state index is 0.0388. The third-order valence-electron chi connectivity index (χ3n) is 11.4. The quantitative estimate of drug-likeness (QED) is 0.0195. The zero-order chi connectivity index (χ0) is 46.4. The first kappa shape index (κ1) is 61.2. The summed E-state index contributed by atoms with van der Waals surface area (Å²) in [6.07, 6.45) is 53.3. The van der Waals surface area contributed by atoms with Gasteiger partial charge in [0.05, 0.1) is 27.7 Å². The van der Waals surface area contributed by atoms with Crippen molar-refractivity contribution in [3.05, 3.63) is 36.5 Å². The molecule has 0 aromatic rings. The second-order valence-electron chi connectivity index (χ2n) is 18.9. The average Bonchev–Trinajstić information content (AvgIpc) is 3.24. The molecule has 2 atom stereocenters. The van der Waals surface area contributed by atoms with Gasteiger partial charge in [0.25, 0.3) is 7.82 Å². The van der Waals surface area contributed by atoms with Gasteiger partial charge in [0, 0.05) is 12.8 Å². The molecule has 0 N–H and O–H groups in total. The van der Waals surface area contributed by atoms with Crippen LogP contribution in [0.4, 0.5) is 0 Å². The number of rotatable bonds is 48. The van der Waals surface area contributed by atoms with Gasteiger partial charge in [0.15, 0.2) is 6.10 Å². The van der Waals surface area contributed by atoms with Crippen LogP contribution in [0, 0.1) is 0 Å². The molecule has 0 saturated carbocycles. The van der Waals surface area contributed by atoms with Crippen molar-refractivity contribution < 1.29 is 42.1 Å². The molecule has 0 rings (SSSR count). The first-order valence-electron chi connectivity index (χ1n) is 26.2. The number of phosphoric acid groups is 1. The summed E-state index contributed by atoms with van der Waals surface area (Å²) < 4.78 is 34.0. The number of carbonyl (C=O) groups is 2. The number of nitrogens with zero attached hydrogens (tertiary/aromatic N) is 1. The van der Waals surface area contributed by atoms with E-state index in [2.05, 4.69) is 50.3 Å². The summed E-state index contributed by atoms with van der Waals surface area (Å²) in [4.78, 5) is 37.7. The number of quaternary nitrogens is 1. The minimum Gasteiger partial charge on any atom is -0.756 e. The van der Waals surface area contributed by atoms with E-state index in [-0.39, 0.29) is 26.1 Å². The maximum absolute atomic E-state index is 12.7. The van der Waals surface area contributed by atoms with Crippen molar-refractivity contribution in [2.75, 3.05) is 47.5 Å². The Bertz CT molecular complexity index is 1170. The van der Waals surface area contributed by atoms with Crippen LogP contribution in [0.5, 0.6) is 0 Å². The van der Waals surface area contributed by atoms with Gasteiger partial charge in [0.1, 0.15) is 19.8 Å². The molecule has 9 nitrogen and oxygen atoms in total. The van der Waals surface area contributed by atoms with E-state index in [9.17, 15) is 19.0 Å². The molecule has 10 heteroatoms. The molecule has 0 amide bonds. The van der Waals surface area contributed by atoms with E-state index >= 15 is 0 Å². The Hall–Kier alpha value is -1.77. The van der Waals surface area contributed by atoms with Gasteiger partial charge in [-0.1, -0.05) is 217 Å². The number of esters is 2. The van der Waals surface area contributed by atoms with Crippen molar-refractivity contribution in [3.63, 3.8) is 0 Å². The molecule has 0 aliphatic heterocycles. The molecule has 63 heavy (non-hydrogen) atoms. The monoisotopic (exact) mass is 910 g/mol. The SMILES string of the molecule is CCCCCCCC/C=C/C/C=C/C/C=C/CCCC(=O)O[C@H](COC(=O)CCCCCCCCCCCCCCCCCCCCCCCC)COP(=O)([O-])OCC[N+](C)(C)C. The lowest BCUT2D eigenvalue weighted by Crippen LogP contribution is -2.37. The Morgan fingerprint density at radius 1 is 0.492 bits per heavy atom. The number of allylic oxidation sites excluding steroid dienone is 6. The Labute approximate surface area is 389 Å². The number of hydrogen-bond acceptors (Lipinski definition) is 8. The van der Waals surface area contributed by atoms with E-state index in [1.165, 1.54) is 161 Å². The summed E-state index contributed by atoms with van der Waals surface area (Å²) in [6, 6.07) is 0. The summed E-state index contributed by atoms with van der Waals surface area (Å²) in [5, 5.41) is 0. The molecule has 0 heterocycles. The van der Waals surface area contributed by atoms with Crippen LogP contribution in [0.2, 0.25) is 0 Å². The van der Waals surface area contributed by atoms with Crippen LogP contribution >= 0.6 is 7.82 Å². The molecule has 0 aliphatic carbocycles. The summed E-state index contributed by atoms with van der Waals surface area (Å²) >= 11 is 0. The van der Waals surface area contributed by atoms with Gasteiger partial charge in [-0.05, 0) is 44.9 Å². The van der Waals surface area contributed by atoms with Gasteiger partial charge >= 0.3 is 11.9 Å². The fourth-order valence-corrected chi connectivity index (χ4v) is 8.05. The lowest BCUT2D eigenvalue weighted by atomic mass is 10.0. The molecule has 0 radical (unpaired) electrons. The highest BCUT2D eigenvalue weighted by Crippen LogP contribution is 2.38. The van der Waals surface area contributed by atoms with Crippen molar-refractivity contribution in [2.24, 2.45) is 0 Å². The Morgan fingerprint density at radius 2 is 0.873 bits per heavy atom. The molecule has 0 aromatic carbocycles. The van der Waals surface area contributed by atoms with Gasteiger partial charge in [-0.15, -0.1) is 0 Å². The highest BCUT2D eigenvalue weighted by atomic mass is 31.2. The second-order valence-corrected chi connectivity index (χ2v) is 20.3. The summed E-state index contributed by atoms with van der Waals surface area (Å²) in [6.45, 7) is 4.20. The minimum atomic E-state index is -4.64. The van der Waals surface area contributed by atoms with E-state index in [0.29, 0.717) is 23.9 Å². The van der Waals surface area contributed by atoms with E-state index in [0.717, 1.165) is 38.5 Å². The van der Waals surface area contributed by atoms with E-state index in [1.807, 2.05) is 21.1 Å². The predicted molar refractivity (Wildman–Crippen MR) is 264 cm³/mol. The van der Waals surface area contributed by atoms with Crippen LogP contribution < -0.4 is 4.89 Å². The Morgan fingerprint density at radius 3 is 1.32 bits per heavy atom. The van der Waals surface area contributed by atoms with Crippen LogP contribution in [-0.2, 0) is 32.7 Å². The topological polar surface area (TPSA) is 111 Å². The largest absolute Gasteiger partial charge is 0.756 e. The molecule has 0 spiro atoms. The summed E-state index contributed by atoms with van der Waals surface area (Å²) in [5.41, 5.74) is 0. The number of phosphoric ester groups is 1. The third kappa shape index (κ3) is 49.5. The standard InChI is InChI=1S/C53H100NO8P/c1-6-8-10-12-14-16-18-20-22-24-25-26-27-28-30-31-33-35-37-39-41-43-45-52(55)59-49-51(50-61-63(57,58)60-48-47-54(3,4)5)62-53(56)46-44-42-40-38-36-34-32-29-23-21-19-17-15-13-11-9-7-2/h21,23,32,34,38,40,51H,6-20,22,24-31,33,35-37,39,41-50H2,1-5H3/b23-21+,34-32+,40-38+/t51-/m1/s1. The molecule has 0 bridgehead atoms. The van der Waals surface area contributed by atoms with Crippen LogP contribution in [0.25, 0.3) is 0 Å². The maximum Gasteiger partial charge on any atom is 0.306 e. The van der Waals surface area contributed by atoms with Crippen molar-refractivity contribution in [1.29, 1.82) is 0 Å². The van der Waals surface area contributed by atoms with Crippen LogP contribution in [0.1, 0.15) is 239 Å². The maximum atomic E-state index is 12.7. The lowest BCUT2D eigenvalue weighted by molar-refractivity contribution is -0.870. The molecular weight excluding hydrogens is 810 g/mol. The highest BCUT2D eigenvalue weighted by molar-refractivity contribution is 7.45. The van der Waals surface area contributed by atoms with Gasteiger partial charge in [-0.3, -0.25) is 14.2 Å². The predicted octanol–water partition coefficient (Wildman–Crippen LogP) is 15.0. The fourth-order valence-electron chi connectivity index (χ4n) is 7.32. The number of hydrogen-bond donors (Lipinski definition) is 0. The fraction of sp³-hybridized carbons (Fsp3) is 0.849. The van der Waals surface area contributed by atoms with Gasteiger partial charge in [-0.25, -0.2) is 0 Å². The molecule has 0 saturated heterocycles. The van der Waals surface area contributed by atoms with Crippen molar-refractivity contribution in [1.82, 2.24) is 0 Å². The van der Waals surface area contributed by atoms with Crippen molar-refractivity contribution >= 4 is 19.8 Å². The number of likely N-dealkylation sites (N-methyl/N-ethyl adjacent to an activating group) is 1. The zero-order valence-electron chi connectivity index (χ0n) is 41.8. The first-order valence-corrected chi connectivity index (χ1v) is 27.7. The Kier molecular flexibility index (Phi) is 44.1.